The van der Waals surface area contributed by atoms with Gasteiger partial charge in [-0.25, -0.2) is 0 Å². The quantitative estimate of drug-likeness (QED) is 0.153. The van der Waals surface area contributed by atoms with E-state index in [1.54, 1.807) is 0 Å². The zero-order chi connectivity index (χ0) is 41.7. The van der Waals surface area contributed by atoms with Crippen LogP contribution in [0.2, 0.25) is 0 Å². The highest BCUT2D eigenvalue weighted by Gasteiger charge is 2.20. The first-order valence-corrected chi connectivity index (χ1v) is 21.5. The van der Waals surface area contributed by atoms with Gasteiger partial charge in [-0.2, -0.15) is 0 Å². The van der Waals surface area contributed by atoms with Gasteiger partial charge in [0.15, 0.2) is 0 Å². The van der Waals surface area contributed by atoms with Crippen molar-refractivity contribution < 1.29 is 4.42 Å². The van der Waals surface area contributed by atoms with E-state index in [0.29, 0.717) is 0 Å². The number of hydrogen-bond donors (Lipinski definition) is 0. The maximum Gasteiger partial charge on any atom is 0.136 e. The molecule has 0 spiro atoms. The average Bonchev–Trinajstić information content (AvgIpc) is 3.91. The SMILES string of the molecule is c1ccc(-c2ccccc2N(c2ccc(-c3cccc(-c4ccc(-n5c6ccccc6c6ccccc65)cc4)c3)cc2)c2cccc(-c3cccc4oc5ccccc5c34)c2)cc1. The van der Waals surface area contributed by atoms with Crippen LogP contribution in [-0.4, -0.2) is 4.57 Å². The molecule has 296 valence electrons. The van der Waals surface area contributed by atoms with Crippen LogP contribution in [0.4, 0.5) is 17.1 Å². The number of para-hydroxylation sites is 4. The van der Waals surface area contributed by atoms with Gasteiger partial charge in [-0.15, -0.1) is 0 Å². The lowest BCUT2D eigenvalue weighted by molar-refractivity contribution is 0.669. The minimum absolute atomic E-state index is 0.890. The summed E-state index contributed by atoms with van der Waals surface area (Å²) in [5.41, 5.74) is 17.9. The summed E-state index contributed by atoms with van der Waals surface area (Å²) in [5, 5.41) is 4.79. The van der Waals surface area contributed by atoms with Gasteiger partial charge >= 0.3 is 0 Å². The number of furan rings is 1. The third-order valence-electron chi connectivity index (χ3n) is 12.4. The van der Waals surface area contributed by atoms with Crippen molar-refractivity contribution in [3.05, 3.63) is 243 Å². The number of aromatic nitrogens is 1. The van der Waals surface area contributed by atoms with Crippen LogP contribution in [0.3, 0.4) is 0 Å². The highest BCUT2D eigenvalue weighted by atomic mass is 16.3. The van der Waals surface area contributed by atoms with Gasteiger partial charge < -0.3 is 13.9 Å². The number of fused-ring (bicyclic) bond motifs is 6. The highest BCUT2D eigenvalue weighted by Crippen LogP contribution is 2.44. The second-order valence-corrected chi connectivity index (χ2v) is 16.1. The van der Waals surface area contributed by atoms with Crippen molar-refractivity contribution in [1.29, 1.82) is 0 Å². The second kappa shape index (κ2) is 15.3. The Kier molecular flexibility index (Phi) is 8.83. The van der Waals surface area contributed by atoms with Gasteiger partial charge in [-0.1, -0.05) is 170 Å². The Morgan fingerprint density at radius 3 is 1.60 bits per heavy atom. The van der Waals surface area contributed by atoms with Crippen molar-refractivity contribution in [2.75, 3.05) is 4.90 Å². The molecular formula is C60H40N2O. The maximum atomic E-state index is 6.31. The van der Waals surface area contributed by atoms with Crippen LogP contribution in [0, 0.1) is 0 Å². The van der Waals surface area contributed by atoms with Crippen molar-refractivity contribution in [3.8, 4) is 50.2 Å². The molecule has 0 unspecified atom stereocenters. The van der Waals surface area contributed by atoms with Crippen molar-refractivity contribution in [3.63, 3.8) is 0 Å². The average molecular weight is 805 g/mol. The van der Waals surface area contributed by atoms with Crippen molar-refractivity contribution in [1.82, 2.24) is 4.57 Å². The fourth-order valence-corrected chi connectivity index (χ4v) is 9.47. The van der Waals surface area contributed by atoms with E-state index in [4.69, 9.17) is 4.42 Å². The van der Waals surface area contributed by atoms with Crippen molar-refractivity contribution in [2.24, 2.45) is 0 Å². The number of hydrogen-bond acceptors (Lipinski definition) is 2. The first kappa shape index (κ1) is 36.5. The molecule has 2 aromatic heterocycles. The van der Waals surface area contributed by atoms with Gasteiger partial charge in [0.25, 0.3) is 0 Å². The van der Waals surface area contributed by atoms with Crippen molar-refractivity contribution in [2.45, 2.75) is 0 Å². The summed E-state index contributed by atoms with van der Waals surface area (Å²) in [6.07, 6.45) is 0. The van der Waals surface area contributed by atoms with Gasteiger partial charge in [-0.3, -0.25) is 0 Å². The molecule has 0 saturated heterocycles. The van der Waals surface area contributed by atoms with E-state index in [1.807, 2.05) is 12.1 Å². The van der Waals surface area contributed by atoms with Gasteiger partial charge in [0.2, 0.25) is 0 Å². The van der Waals surface area contributed by atoms with Gasteiger partial charge in [0.05, 0.1) is 16.7 Å². The summed E-state index contributed by atoms with van der Waals surface area (Å²) in [7, 11) is 0. The molecule has 12 rings (SSSR count). The monoisotopic (exact) mass is 804 g/mol. The fourth-order valence-electron chi connectivity index (χ4n) is 9.47. The lowest BCUT2D eigenvalue weighted by Gasteiger charge is -2.28. The van der Waals surface area contributed by atoms with E-state index in [9.17, 15) is 0 Å². The van der Waals surface area contributed by atoms with Crippen LogP contribution in [0.1, 0.15) is 0 Å². The molecule has 0 atom stereocenters. The predicted octanol–water partition coefficient (Wildman–Crippen LogP) is 16.8. The normalized spacial score (nSPS) is 11.5. The fraction of sp³-hybridized carbons (Fsp3) is 0. The third kappa shape index (κ3) is 6.38. The Morgan fingerprint density at radius 1 is 0.317 bits per heavy atom. The molecule has 0 saturated carbocycles. The number of nitrogens with zero attached hydrogens (tertiary/aromatic N) is 2. The van der Waals surface area contributed by atoms with Crippen molar-refractivity contribution >= 4 is 60.8 Å². The Labute approximate surface area is 366 Å². The molecule has 0 radical (unpaired) electrons. The van der Waals surface area contributed by atoms with E-state index < -0.39 is 0 Å². The molecule has 12 aromatic rings. The second-order valence-electron chi connectivity index (χ2n) is 16.1. The number of anilines is 3. The molecule has 0 aliphatic rings. The number of rotatable bonds is 8. The lowest BCUT2D eigenvalue weighted by Crippen LogP contribution is -2.11. The molecule has 0 amide bonds. The molecule has 63 heavy (non-hydrogen) atoms. The summed E-state index contributed by atoms with van der Waals surface area (Å²) in [6.45, 7) is 0. The Hall–Kier alpha value is -8.40. The molecule has 10 aromatic carbocycles. The van der Waals surface area contributed by atoms with Crippen LogP contribution in [0.25, 0.3) is 93.9 Å². The molecule has 3 nitrogen and oxygen atoms in total. The van der Waals surface area contributed by atoms with Gasteiger partial charge in [-0.05, 0) is 112 Å². The molecular weight excluding hydrogens is 765 g/mol. The van der Waals surface area contributed by atoms with E-state index in [1.165, 1.54) is 44.1 Å². The molecule has 0 aliphatic heterocycles. The van der Waals surface area contributed by atoms with E-state index >= 15 is 0 Å². The maximum absolute atomic E-state index is 6.31. The number of benzene rings is 10. The van der Waals surface area contributed by atoms with Crippen LogP contribution >= 0.6 is 0 Å². The molecule has 0 bridgehead atoms. The first-order valence-electron chi connectivity index (χ1n) is 21.5. The topological polar surface area (TPSA) is 21.3 Å². The zero-order valence-electron chi connectivity index (χ0n) is 34.4. The molecule has 0 N–H and O–H groups in total. The minimum Gasteiger partial charge on any atom is -0.456 e. The Morgan fingerprint density at radius 2 is 0.857 bits per heavy atom. The summed E-state index contributed by atoms with van der Waals surface area (Å²) in [5.74, 6) is 0. The minimum atomic E-state index is 0.890. The third-order valence-corrected chi connectivity index (χ3v) is 12.4. The Bertz CT molecular complexity index is 3560. The van der Waals surface area contributed by atoms with Crippen LogP contribution in [-0.2, 0) is 0 Å². The van der Waals surface area contributed by atoms with Gasteiger partial charge in [0.1, 0.15) is 11.2 Å². The molecule has 0 fully saturated rings. The predicted molar refractivity (Wildman–Crippen MR) is 264 cm³/mol. The summed E-state index contributed by atoms with van der Waals surface area (Å²) < 4.78 is 8.68. The highest BCUT2D eigenvalue weighted by molar-refractivity contribution is 6.13. The lowest BCUT2D eigenvalue weighted by atomic mass is 9.97. The molecule has 3 heteroatoms. The summed E-state index contributed by atoms with van der Waals surface area (Å²) in [4.78, 5) is 2.39. The van der Waals surface area contributed by atoms with E-state index in [2.05, 4.69) is 240 Å². The van der Waals surface area contributed by atoms with Crippen LogP contribution < -0.4 is 4.90 Å². The zero-order valence-corrected chi connectivity index (χ0v) is 34.4. The largest absolute Gasteiger partial charge is 0.456 e. The smallest absolute Gasteiger partial charge is 0.136 e. The molecule has 0 aliphatic carbocycles. The molecule has 2 heterocycles. The summed E-state index contributed by atoms with van der Waals surface area (Å²) >= 11 is 0. The van der Waals surface area contributed by atoms with E-state index in [0.717, 1.165) is 66.9 Å². The standard InChI is InChI=1S/C60H40N2O/c1-2-15-43(16-3-1)50-21-4-8-26-55(50)61(49-20-13-19-46(40-49)51-25-14-30-59-60(51)54-24-7-11-29-58(54)63-59)47-35-31-41(32-36-47)44-17-12-18-45(39-44)42-33-37-48(38-34-42)62-56-27-9-5-22-52(56)53-23-6-10-28-57(53)62/h1-40H. The Balaban J connectivity index is 0.918. The summed E-state index contributed by atoms with van der Waals surface area (Å²) in [6, 6.07) is 87.1. The van der Waals surface area contributed by atoms with Crippen LogP contribution in [0.15, 0.2) is 247 Å². The van der Waals surface area contributed by atoms with Crippen LogP contribution in [0.5, 0.6) is 0 Å². The van der Waals surface area contributed by atoms with Gasteiger partial charge in [0, 0.05) is 44.2 Å². The first-order chi connectivity index (χ1) is 31.2. The van der Waals surface area contributed by atoms with E-state index in [-0.39, 0.29) is 0 Å².